The van der Waals surface area contributed by atoms with Gasteiger partial charge >= 0.3 is 0 Å². The highest BCUT2D eigenvalue weighted by molar-refractivity contribution is 6.30. The Kier molecular flexibility index (Phi) is 5.02. The molecule has 1 heterocycles. The SMILES string of the molecule is C[C@@H]1CN([C@H](C)C(=O)Nc2ccc(Cl)cc2)C[C@@H](C)O1. The lowest BCUT2D eigenvalue weighted by molar-refractivity contribution is -0.126. The van der Waals surface area contributed by atoms with Crippen LogP contribution in [-0.4, -0.2) is 42.1 Å². The third kappa shape index (κ3) is 3.95. The fraction of sp³-hybridized carbons (Fsp3) is 0.533. The van der Waals surface area contributed by atoms with Gasteiger partial charge in [-0.2, -0.15) is 0 Å². The van der Waals surface area contributed by atoms with Crippen LogP contribution in [0.4, 0.5) is 5.69 Å². The summed E-state index contributed by atoms with van der Waals surface area (Å²) >= 11 is 5.83. The lowest BCUT2D eigenvalue weighted by Crippen LogP contribution is -2.52. The molecule has 20 heavy (non-hydrogen) atoms. The number of halogens is 1. The zero-order valence-electron chi connectivity index (χ0n) is 12.1. The number of carbonyl (C=O) groups is 1. The van der Waals surface area contributed by atoms with Gasteiger partial charge in [-0.15, -0.1) is 0 Å². The van der Waals surface area contributed by atoms with Gasteiger partial charge in [0.15, 0.2) is 0 Å². The highest BCUT2D eigenvalue weighted by Crippen LogP contribution is 2.16. The number of morpholine rings is 1. The largest absolute Gasteiger partial charge is 0.373 e. The fourth-order valence-electron chi connectivity index (χ4n) is 2.48. The summed E-state index contributed by atoms with van der Waals surface area (Å²) in [7, 11) is 0. The van der Waals surface area contributed by atoms with Gasteiger partial charge < -0.3 is 10.1 Å². The highest BCUT2D eigenvalue weighted by atomic mass is 35.5. The van der Waals surface area contributed by atoms with Crippen LogP contribution in [0.5, 0.6) is 0 Å². The van der Waals surface area contributed by atoms with E-state index in [0.29, 0.717) is 5.02 Å². The van der Waals surface area contributed by atoms with Crippen LogP contribution in [0.2, 0.25) is 5.02 Å². The number of ether oxygens (including phenoxy) is 1. The maximum absolute atomic E-state index is 12.3. The first-order valence-corrected chi connectivity index (χ1v) is 7.29. The van der Waals surface area contributed by atoms with Crippen molar-refractivity contribution >= 4 is 23.2 Å². The monoisotopic (exact) mass is 296 g/mol. The highest BCUT2D eigenvalue weighted by Gasteiger charge is 2.29. The molecular weight excluding hydrogens is 276 g/mol. The molecule has 0 bridgehead atoms. The molecule has 110 valence electrons. The van der Waals surface area contributed by atoms with Crippen molar-refractivity contribution < 1.29 is 9.53 Å². The van der Waals surface area contributed by atoms with Crippen molar-refractivity contribution in [2.45, 2.75) is 39.0 Å². The summed E-state index contributed by atoms with van der Waals surface area (Å²) in [5, 5.41) is 3.57. The molecule has 1 fully saturated rings. The Bertz CT molecular complexity index is 453. The van der Waals surface area contributed by atoms with E-state index < -0.39 is 0 Å². The Morgan fingerprint density at radius 2 is 1.85 bits per heavy atom. The molecule has 4 nitrogen and oxygen atoms in total. The van der Waals surface area contributed by atoms with E-state index in [1.807, 2.05) is 20.8 Å². The summed E-state index contributed by atoms with van der Waals surface area (Å²) < 4.78 is 5.69. The Morgan fingerprint density at radius 1 is 1.30 bits per heavy atom. The summed E-state index contributed by atoms with van der Waals surface area (Å²) in [4.78, 5) is 14.4. The molecule has 1 aliphatic heterocycles. The number of hydrogen-bond donors (Lipinski definition) is 1. The molecule has 1 aromatic carbocycles. The number of nitrogens with one attached hydrogen (secondary N) is 1. The van der Waals surface area contributed by atoms with Crippen LogP contribution in [0, 0.1) is 0 Å². The molecule has 3 atom stereocenters. The number of hydrogen-bond acceptors (Lipinski definition) is 3. The van der Waals surface area contributed by atoms with Crippen LogP contribution < -0.4 is 5.32 Å². The van der Waals surface area contributed by atoms with Gasteiger partial charge in [-0.1, -0.05) is 11.6 Å². The van der Waals surface area contributed by atoms with E-state index in [2.05, 4.69) is 10.2 Å². The molecule has 1 amide bonds. The predicted octanol–water partition coefficient (Wildman–Crippen LogP) is 2.78. The van der Waals surface area contributed by atoms with Gasteiger partial charge in [0, 0.05) is 23.8 Å². The maximum atomic E-state index is 12.3. The number of amides is 1. The van der Waals surface area contributed by atoms with Gasteiger partial charge in [0.25, 0.3) is 0 Å². The molecule has 5 heteroatoms. The van der Waals surface area contributed by atoms with Gasteiger partial charge in [0.05, 0.1) is 18.2 Å². The minimum atomic E-state index is -0.181. The minimum Gasteiger partial charge on any atom is -0.373 e. The minimum absolute atomic E-state index is 0.00591. The lowest BCUT2D eigenvalue weighted by Gasteiger charge is -2.38. The molecule has 1 aliphatic rings. The van der Waals surface area contributed by atoms with Gasteiger partial charge in [-0.3, -0.25) is 9.69 Å². The first-order chi connectivity index (χ1) is 9.45. The molecule has 0 unspecified atom stereocenters. The van der Waals surface area contributed by atoms with E-state index in [4.69, 9.17) is 16.3 Å². The molecule has 0 radical (unpaired) electrons. The molecule has 0 spiro atoms. The van der Waals surface area contributed by atoms with Crippen molar-refractivity contribution in [3.63, 3.8) is 0 Å². The number of anilines is 1. The van der Waals surface area contributed by atoms with Crippen molar-refractivity contribution in [2.75, 3.05) is 18.4 Å². The molecule has 1 aromatic rings. The Labute approximate surface area is 125 Å². The second kappa shape index (κ2) is 6.57. The van der Waals surface area contributed by atoms with Crippen molar-refractivity contribution in [1.29, 1.82) is 0 Å². The van der Waals surface area contributed by atoms with E-state index in [0.717, 1.165) is 18.8 Å². The van der Waals surface area contributed by atoms with Gasteiger partial charge in [-0.25, -0.2) is 0 Å². The van der Waals surface area contributed by atoms with Crippen LogP contribution in [0.25, 0.3) is 0 Å². The molecule has 1 saturated heterocycles. The summed E-state index contributed by atoms with van der Waals surface area (Å²) in [6.07, 6.45) is 0.314. The standard InChI is InChI=1S/C15H21ClN2O2/c1-10-8-18(9-11(2)20-10)12(3)15(19)17-14-6-4-13(16)5-7-14/h4-7,10-12H,8-9H2,1-3H3,(H,17,19)/t10-,11-,12-/m1/s1. The van der Waals surface area contributed by atoms with Gasteiger partial charge in [0.2, 0.25) is 5.91 Å². The van der Waals surface area contributed by atoms with Crippen molar-refractivity contribution in [1.82, 2.24) is 4.90 Å². The molecular formula is C15H21ClN2O2. The predicted molar refractivity (Wildman–Crippen MR) is 81.1 cm³/mol. The Hall–Kier alpha value is -1.10. The second-order valence-corrected chi connectivity index (χ2v) is 5.82. The first-order valence-electron chi connectivity index (χ1n) is 6.91. The molecule has 0 aliphatic carbocycles. The zero-order valence-corrected chi connectivity index (χ0v) is 12.9. The van der Waals surface area contributed by atoms with Crippen LogP contribution in [-0.2, 0) is 9.53 Å². The lowest BCUT2D eigenvalue weighted by atomic mass is 10.1. The number of carbonyl (C=O) groups excluding carboxylic acids is 1. The summed E-state index contributed by atoms with van der Waals surface area (Å²) in [6, 6.07) is 6.95. The number of rotatable bonds is 3. The normalized spacial score (nSPS) is 25.2. The van der Waals surface area contributed by atoms with Crippen LogP contribution in [0.3, 0.4) is 0 Å². The molecule has 2 rings (SSSR count). The number of nitrogens with zero attached hydrogens (tertiary/aromatic N) is 1. The van der Waals surface area contributed by atoms with Gasteiger partial charge in [0.1, 0.15) is 0 Å². The number of benzene rings is 1. The van der Waals surface area contributed by atoms with Crippen molar-refractivity contribution in [3.05, 3.63) is 29.3 Å². The first kappa shape index (κ1) is 15.3. The summed E-state index contributed by atoms with van der Waals surface area (Å²) in [5.74, 6) is -0.00591. The Morgan fingerprint density at radius 3 is 2.40 bits per heavy atom. The smallest absolute Gasteiger partial charge is 0.241 e. The maximum Gasteiger partial charge on any atom is 0.241 e. The summed E-state index contributed by atoms with van der Waals surface area (Å²) in [6.45, 7) is 7.55. The third-order valence-corrected chi connectivity index (χ3v) is 3.74. The fourth-order valence-corrected chi connectivity index (χ4v) is 2.61. The van der Waals surface area contributed by atoms with Crippen molar-refractivity contribution in [2.24, 2.45) is 0 Å². The third-order valence-electron chi connectivity index (χ3n) is 3.49. The summed E-state index contributed by atoms with van der Waals surface area (Å²) in [5.41, 5.74) is 0.764. The van der Waals surface area contributed by atoms with Crippen LogP contribution in [0.15, 0.2) is 24.3 Å². The second-order valence-electron chi connectivity index (χ2n) is 5.38. The quantitative estimate of drug-likeness (QED) is 0.932. The molecule has 1 N–H and O–H groups in total. The average molecular weight is 297 g/mol. The topological polar surface area (TPSA) is 41.6 Å². The van der Waals surface area contributed by atoms with E-state index in [1.54, 1.807) is 24.3 Å². The van der Waals surface area contributed by atoms with E-state index in [1.165, 1.54) is 0 Å². The average Bonchev–Trinajstić information content (AvgIpc) is 2.39. The Balaban J connectivity index is 1.96. The van der Waals surface area contributed by atoms with Crippen LogP contribution >= 0.6 is 11.6 Å². The van der Waals surface area contributed by atoms with Gasteiger partial charge in [-0.05, 0) is 45.0 Å². The van der Waals surface area contributed by atoms with E-state index >= 15 is 0 Å². The van der Waals surface area contributed by atoms with E-state index in [9.17, 15) is 4.79 Å². The molecule has 0 saturated carbocycles. The zero-order chi connectivity index (χ0) is 14.7. The van der Waals surface area contributed by atoms with E-state index in [-0.39, 0.29) is 24.2 Å². The molecule has 0 aromatic heterocycles. The van der Waals surface area contributed by atoms with Crippen molar-refractivity contribution in [3.8, 4) is 0 Å². The van der Waals surface area contributed by atoms with Crippen LogP contribution in [0.1, 0.15) is 20.8 Å².